The van der Waals surface area contributed by atoms with Gasteiger partial charge < -0.3 is 15.6 Å². The Labute approximate surface area is 172 Å². The largest absolute Gasteiger partial charge is 0.366 e. The van der Waals surface area contributed by atoms with Crippen LogP contribution in [0.3, 0.4) is 0 Å². The SMILES string of the molecule is CCCn1c(S[C@@H](C)C(=O)Nc2ccc(C(N)=O)cc2)nnc1-c1ccncc1. The van der Waals surface area contributed by atoms with Crippen molar-refractivity contribution in [3.63, 3.8) is 0 Å². The van der Waals surface area contributed by atoms with Gasteiger partial charge in [0.1, 0.15) is 0 Å². The molecular formula is C20H22N6O2S. The third-order valence-electron chi connectivity index (χ3n) is 4.19. The fourth-order valence-corrected chi connectivity index (χ4v) is 3.56. The van der Waals surface area contributed by atoms with Crippen LogP contribution in [-0.4, -0.2) is 36.8 Å². The van der Waals surface area contributed by atoms with Crippen LogP contribution in [-0.2, 0) is 11.3 Å². The molecule has 1 atom stereocenters. The second-order valence-electron chi connectivity index (χ2n) is 6.38. The number of amides is 2. The van der Waals surface area contributed by atoms with Crippen LogP contribution in [0.25, 0.3) is 11.4 Å². The Morgan fingerprint density at radius 3 is 2.45 bits per heavy atom. The predicted molar refractivity (Wildman–Crippen MR) is 112 cm³/mol. The number of nitrogens with zero attached hydrogens (tertiary/aromatic N) is 4. The molecule has 0 fully saturated rings. The van der Waals surface area contributed by atoms with Gasteiger partial charge in [0.05, 0.1) is 5.25 Å². The molecule has 2 amide bonds. The quantitative estimate of drug-likeness (QED) is 0.552. The summed E-state index contributed by atoms with van der Waals surface area (Å²) in [5, 5.41) is 11.7. The Hall–Kier alpha value is -3.20. The van der Waals surface area contributed by atoms with Crippen LogP contribution >= 0.6 is 11.8 Å². The lowest BCUT2D eigenvalue weighted by Gasteiger charge is -2.13. The van der Waals surface area contributed by atoms with Crippen LogP contribution in [0.15, 0.2) is 53.9 Å². The number of rotatable bonds is 8. The lowest BCUT2D eigenvalue weighted by Crippen LogP contribution is -2.23. The minimum absolute atomic E-state index is 0.168. The number of carbonyl (C=O) groups excluding carboxylic acids is 2. The molecule has 29 heavy (non-hydrogen) atoms. The molecule has 0 unspecified atom stereocenters. The van der Waals surface area contributed by atoms with Crippen LogP contribution in [0.1, 0.15) is 30.6 Å². The first-order valence-electron chi connectivity index (χ1n) is 9.20. The lowest BCUT2D eigenvalue weighted by atomic mass is 10.2. The molecule has 0 radical (unpaired) electrons. The van der Waals surface area contributed by atoms with E-state index in [4.69, 9.17) is 5.73 Å². The number of pyridine rings is 1. The Bertz CT molecular complexity index is 988. The standard InChI is InChI=1S/C20H22N6O2S/c1-3-12-26-18(15-8-10-22-11-9-15)24-25-20(26)29-13(2)19(28)23-16-6-4-14(5-7-16)17(21)27/h4-11,13H,3,12H2,1-2H3,(H2,21,27)(H,23,28)/t13-/m0/s1. The Morgan fingerprint density at radius 1 is 1.14 bits per heavy atom. The smallest absolute Gasteiger partial charge is 0.248 e. The number of primary amides is 1. The predicted octanol–water partition coefficient (Wildman–Crippen LogP) is 2.97. The van der Waals surface area contributed by atoms with Gasteiger partial charge in [0.15, 0.2) is 11.0 Å². The van der Waals surface area contributed by atoms with Gasteiger partial charge in [-0.3, -0.25) is 14.6 Å². The number of nitrogens with two attached hydrogens (primary N) is 1. The molecule has 0 aliphatic heterocycles. The lowest BCUT2D eigenvalue weighted by molar-refractivity contribution is -0.115. The van der Waals surface area contributed by atoms with E-state index in [9.17, 15) is 9.59 Å². The van der Waals surface area contributed by atoms with Crippen molar-refractivity contribution in [1.82, 2.24) is 19.7 Å². The van der Waals surface area contributed by atoms with E-state index in [1.165, 1.54) is 11.8 Å². The minimum Gasteiger partial charge on any atom is -0.366 e. The summed E-state index contributed by atoms with van der Waals surface area (Å²) >= 11 is 1.35. The van der Waals surface area contributed by atoms with E-state index in [1.807, 2.05) is 23.6 Å². The number of aromatic nitrogens is 4. The van der Waals surface area contributed by atoms with Gasteiger partial charge in [0.25, 0.3) is 0 Å². The molecule has 0 aliphatic carbocycles. The van der Waals surface area contributed by atoms with Crippen molar-refractivity contribution in [1.29, 1.82) is 0 Å². The van der Waals surface area contributed by atoms with E-state index >= 15 is 0 Å². The Morgan fingerprint density at radius 2 is 1.83 bits per heavy atom. The molecule has 150 valence electrons. The van der Waals surface area contributed by atoms with Crippen molar-refractivity contribution in [2.75, 3.05) is 5.32 Å². The average Bonchev–Trinajstić information content (AvgIpc) is 3.11. The summed E-state index contributed by atoms with van der Waals surface area (Å²) in [5.41, 5.74) is 7.15. The van der Waals surface area contributed by atoms with Crippen molar-refractivity contribution >= 4 is 29.3 Å². The van der Waals surface area contributed by atoms with Crippen LogP contribution in [0.2, 0.25) is 0 Å². The highest BCUT2D eigenvalue weighted by Gasteiger charge is 2.20. The van der Waals surface area contributed by atoms with Gasteiger partial charge >= 0.3 is 0 Å². The number of carbonyl (C=O) groups is 2. The molecular weight excluding hydrogens is 388 g/mol. The fourth-order valence-electron chi connectivity index (χ4n) is 2.69. The zero-order chi connectivity index (χ0) is 20.8. The first kappa shape index (κ1) is 20.5. The zero-order valence-electron chi connectivity index (χ0n) is 16.2. The molecule has 0 saturated heterocycles. The number of anilines is 1. The van der Waals surface area contributed by atoms with E-state index in [0.717, 1.165) is 24.4 Å². The highest BCUT2D eigenvalue weighted by Crippen LogP contribution is 2.27. The van der Waals surface area contributed by atoms with E-state index < -0.39 is 11.2 Å². The molecule has 8 nitrogen and oxygen atoms in total. The average molecular weight is 411 g/mol. The van der Waals surface area contributed by atoms with E-state index in [-0.39, 0.29) is 5.91 Å². The van der Waals surface area contributed by atoms with Crippen molar-refractivity contribution in [3.05, 3.63) is 54.4 Å². The maximum absolute atomic E-state index is 12.6. The van der Waals surface area contributed by atoms with Gasteiger partial charge in [0.2, 0.25) is 11.8 Å². The van der Waals surface area contributed by atoms with Gasteiger partial charge in [-0.05, 0) is 49.7 Å². The Kier molecular flexibility index (Phi) is 6.61. The van der Waals surface area contributed by atoms with Crippen molar-refractivity contribution < 1.29 is 9.59 Å². The first-order valence-corrected chi connectivity index (χ1v) is 10.1. The van der Waals surface area contributed by atoms with Crippen molar-refractivity contribution in [2.24, 2.45) is 5.73 Å². The van der Waals surface area contributed by atoms with Crippen LogP contribution in [0.5, 0.6) is 0 Å². The highest BCUT2D eigenvalue weighted by atomic mass is 32.2. The van der Waals surface area contributed by atoms with Crippen LogP contribution < -0.4 is 11.1 Å². The van der Waals surface area contributed by atoms with Gasteiger partial charge in [-0.2, -0.15) is 0 Å². The molecule has 0 bridgehead atoms. The summed E-state index contributed by atoms with van der Waals surface area (Å²) in [6.07, 6.45) is 4.34. The molecule has 0 aliphatic rings. The Balaban J connectivity index is 1.72. The third-order valence-corrected chi connectivity index (χ3v) is 5.27. The molecule has 9 heteroatoms. The molecule has 2 aromatic heterocycles. The number of hydrogen-bond donors (Lipinski definition) is 2. The first-order chi connectivity index (χ1) is 14.0. The summed E-state index contributed by atoms with van der Waals surface area (Å²) < 4.78 is 2.02. The molecule has 0 saturated carbocycles. The van der Waals surface area contributed by atoms with Crippen molar-refractivity contribution in [2.45, 2.75) is 37.2 Å². The maximum atomic E-state index is 12.6. The van der Waals surface area contributed by atoms with Crippen molar-refractivity contribution in [3.8, 4) is 11.4 Å². The summed E-state index contributed by atoms with van der Waals surface area (Å²) in [7, 11) is 0. The van der Waals surface area contributed by atoms with E-state index in [1.54, 1.807) is 36.7 Å². The molecule has 3 rings (SSSR count). The number of thioether (sulfide) groups is 1. The van der Waals surface area contributed by atoms with Crippen LogP contribution in [0, 0.1) is 0 Å². The zero-order valence-corrected chi connectivity index (χ0v) is 17.0. The van der Waals surface area contributed by atoms with Gasteiger partial charge in [-0.15, -0.1) is 10.2 Å². The van der Waals surface area contributed by atoms with Crippen LogP contribution in [0.4, 0.5) is 5.69 Å². The fraction of sp³-hybridized carbons (Fsp3) is 0.250. The monoisotopic (exact) mass is 410 g/mol. The second-order valence-corrected chi connectivity index (χ2v) is 7.69. The summed E-state index contributed by atoms with van der Waals surface area (Å²) in [6, 6.07) is 10.2. The molecule has 1 aromatic carbocycles. The van der Waals surface area contributed by atoms with Gasteiger partial charge in [-0.1, -0.05) is 18.7 Å². The van der Waals surface area contributed by atoms with Gasteiger partial charge in [0, 0.05) is 35.8 Å². The topological polar surface area (TPSA) is 116 Å². The summed E-state index contributed by atoms with van der Waals surface area (Å²) in [4.78, 5) is 27.8. The third kappa shape index (κ3) is 5.00. The van der Waals surface area contributed by atoms with E-state index in [0.29, 0.717) is 16.4 Å². The normalized spacial score (nSPS) is 11.8. The molecule has 3 aromatic rings. The summed E-state index contributed by atoms with van der Waals surface area (Å²) in [6.45, 7) is 4.64. The molecule has 3 N–H and O–H groups in total. The summed E-state index contributed by atoms with van der Waals surface area (Å²) in [5.74, 6) is 0.0804. The number of benzene rings is 1. The number of nitrogens with one attached hydrogen (secondary N) is 1. The second kappa shape index (κ2) is 9.33. The molecule has 0 spiro atoms. The van der Waals surface area contributed by atoms with E-state index in [2.05, 4.69) is 27.4 Å². The number of hydrogen-bond acceptors (Lipinski definition) is 6. The highest BCUT2D eigenvalue weighted by molar-refractivity contribution is 8.00. The minimum atomic E-state index is -0.507. The molecule has 2 heterocycles. The van der Waals surface area contributed by atoms with Gasteiger partial charge in [-0.25, -0.2) is 0 Å². The maximum Gasteiger partial charge on any atom is 0.248 e.